The molecule has 0 spiro atoms. The van der Waals surface area contributed by atoms with Crippen molar-refractivity contribution in [2.24, 2.45) is 0 Å². The Morgan fingerprint density at radius 3 is 2.37 bits per heavy atom. The van der Waals surface area contributed by atoms with Gasteiger partial charge in [0.1, 0.15) is 13.2 Å². The second-order valence-corrected chi connectivity index (χ2v) is 7.43. The first-order chi connectivity index (χ1) is 14.3. The Bertz CT molecular complexity index is 958. The molecule has 1 aliphatic rings. The standard InChI is InChI=1S/C21H19Cl2NO6/c1-12(21(27)24-16-10-14(22)9-15(23)11-16)30-20(26)5-3-17(25)13-2-4-18-19(8-13)29-7-6-28-18/h2,4,8-12H,3,5-7H2,1H3,(H,24,27). The number of halogens is 2. The van der Waals surface area contributed by atoms with Crippen LogP contribution in [-0.2, 0) is 14.3 Å². The summed E-state index contributed by atoms with van der Waals surface area (Å²) >= 11 is 11.8. The number of benzene rings is 2. The summed E-state index contributed by atoms with van der Waals surface area (Å²) in [5, 5.41) is 3.29. The van der Waals surface area contributed by atoms with Crippen LogP contribution < -0.4 is 14.8 Å². The summed E-state index contributed by atoms with van der Waals surface area (Å²) < 4.78 is 16.0. The molecule has 0 fully saturated rings. The maximum atomic E-state index is 12.4. The van der Waals surface area contributed by atoms with Gasteiger partial charge >= 0.3 is 5.97 Å². The Kier molecular flexibility index (Phi) is 7.18. The first-order valence-electron chi connectivity index (χ1n) is 9.21. The number of amides is 1. The van der Waals surface area contributed by atoms with E-state index in [2.05, 4.69) is 5.32 Å². The molecule has 0 aromatic heterocycles. The summed E-state index contributed by atoms with van der Waals surface area (Å²) in [6, 6.07) is 9.44. The zero-order chi connectivity index (χ0) is 21.7. The number of carbonyl (C=O) groups excluding carboxylic acids is 3. The second-order valence-electron chi connectivity index (χ2n) is 6.56. The molecule has 9 heteroatoms. The van der Waals surface area contributed by atoms with Gasteiger partial charge in [0, 0.05) is 27.7 Å². The van der Waals surface area contributed by atoms with E-state index < -0.39 is 18.0 Å². The largest absolute Gasteiger partial charge is 0.486 e. The normalized spacial score (nSPS) is 13.3. The van der Waals surface area contributed by atoms with Gasteiger partial charge in [-0.3, -0.25) is 14.4 Å². The highest BCUT2D eigenvalue weighted by molar-refractivity contribution is 6.35. The van der Waals surface area contributed by atoms with Crippen molar-refractivity contribution in [3.8, 4) is 11.5 Å². The van der Waals surface area contributed by atoms with Crippen LogP contribution in [0.15, 0.2) is 36.4 Å². The predicted molar refractivity (Wildman–Crippen MR) is 112 cm³/mol. The maximum Gasteiger partial charge on any atom is 0.307 e. The van der Waals surface area contributed by atoms with Crippen molar-refractivity contribution in [3.63, 3.8) is 0 Å². The van der Waals surface area contributed by atoms with Crippen molar-refractivity contribution in [1.82, 2.24) is 0 Å². The number of ether oxygens (including phenoxy) is 3. The number of hydrogen-bond acceptors (Lipinski definition) is 6. The fraction of sp³-hybridized carbons (Fsp3) is 0.286. The van der Waals surface area contributed by atoms with Crippen molar-refractivity contribution in [1.29, 1.82) is 0 Å². The topological polar surface area (TPSA) is 90.9 Å². The van der Waals surface area contributed by atoms with Gasteiger partial charge < -0.3 is 19.5 Å². The van der Waals surface area contributed by atoms with Crippen LogP contribution in [0, 0.1) is 0 Å². The zero-order valence-corrected chi connectivity index (χ0v) is 17.6. The SMILES string of the molecule is CC(OC(=O)CCC(=O)c1ccc2c(c1)OCCO2)C(=O)Nc1cc(Cl)cc(Cl)c1. The molecule has 1 heterocycles. The fourth-order valence-electron chi connectivity index (χ4n) is 2.76. The van der Waals surface area contributed by atoms with Gasteiger partial charge in [0.05, 0.1) is 6.42 Å². The first-order valence-corrected chi connectivity index (χ1v) is 9.96. The zero-order valence-electron chi connectivity index (χ0n) is 16.1. The summed E-state index contributed by atoms with van der Waals surface area (Å²) in [7, 11) is 0. The van der Waals surface area contributed by atoms with Crippen molar-refractivity contribution < 1.29 is 28.6 Å². The second kappa shape index (κ2) is 9.82. The van der Waals surface area contributed by atoms with Crippen molar-refractivity contribution in [3.05, 3.63) is 52.0 Å². The molecule has 1 atom stereocenters. The quantitative estimate of drug-likeness (QED) is 0.498. The van der Waals surface area contributed by atoms with E-state index in [9.17, 15) is 14.4 Å². The Morgan fingerprint density at radius 1 is 1.00 bits per heavy atom. The van der Waals surface area contributed by atoms with Crippen LogP contribution in [-0.4, -0.2) is 37.0 Å². The van der Waals surface area contributed by atoms with Gasteiger partial charge in [-0.1, -0.05) is 23.2 Å². The molecule has 0 aliphatic carbocycles. The first kappa shape index (κ1) is 21.9. The van der Waals surface area contributed by atoms with Crippen molar-refractivity contribution in [2.45, 2.75) is 25.9 Å². The smallest absolute Gasteiger partial charge is 0.307 e. The van der Waals surface area contributed by atoms with E-state index >= 15 is 0 Å². The molecule has 30 heavy (non-hydrogen) atoms. The van der Waals surface area contributed by atoms with E-state index in [-0.39, 0.29) is 18.6 Å². The van der Waals surface area contributed by atoms with Gasteiger partial charge in [-0.05, 0) is 43.3 Å². The molecular formula is C21H19Cl2NO6. The molecule has 0 saturated heterocycles. The van der Waals surface area contributed by atoms with Gasteiger partial charge in [-0.15, -0.1) is 0 Å². The van der Waals surface area contributed by atoms with E-state index in [0.29, 0.717) is 46.0 Å². The highest BCUT2D eigenvalue weighted by Gasteiger charge is 2.20. The monoisotopic (exact) mass is 451 g/mol. The number of esters is 1. The van der Waals surface area contributed by atoms with E-state index in [1.807, 2.05) is 0 Å². The van der Waals surface area contributed by atoms with Crippen LogP contribution in [0.1, 0.15) is 30.1 Å². The van der Waals surface area contributed by atoms with E-state index in [4.69, 9.17) is 37.4 Å². The van der Waals surface area contributed by atoms with Gasteiger partial charge in [-0.25, -0.2) is 0 Å². The average Bonchev–Trinajstić information content (AvgIpc) is 2.70. The van der Waals surface area contributed by atoms with E-state index in [0.717, 1.165) is 0 Å². The molecule has 1 amide bonds. The molecule has 0 saturated carbocycles. The average molecular weight is 452 g/mol. The Labute approximate surface area is 183 Å². The van der Waals surface area contributed by atoms with E-state index in [1.165, 1.54) is 25.1 Å². The minimum atomic E-state index is -1.06. The third-order valence-electron chi connectivity index (χ3n) is 4.23. The van der Waals surface area contributed by atoms with Crippen LogP contribution in [0.4, 0.5) is 5.69 Å². The third-order valence-corrected chi connectivity index (χ3v) is 4.66. The predicted octanol–water partition coefficient (Wildman–Crippen LogP) is 4.30. The molecule has 0 bridgehead atoms. The summed E-state index contributed by atoms with van der Waals surface area (Å²) in [6.07, 6.45) is -1.27. The van der Waals surface area contributed by atoms with Crippen molar-refractivity contribution >= 4 is 46.5 Å². The number of anilines is 1. The molecule has 1 unspecified atom stereocenters. The Balaban J connectivity index is 1.48. The molecule has 1 aliphatic heterocycles. The van der Waals surface area contributed by atoms with Crippen LogP contribution >= 0.6 is 23.2 Å². The molecule has 1 N–H and O–H groups in total. The molecule has 0 radical (unpaired) electrons. The maximum absolute atomic E-state index is 12.4. The Morgan fingerprint density at radius 2 is 1.67 bits per heavy atom. The molecule has 3 rings (SSSR count). The van der Waals surface area contributed by atoms with Crippen LogP contribution in [0.25, 0.3) is 0 Å². The van der Waals surface area contributed by atoms with Crippen LogP contribution in [0.3, 0.4) is 0 Å². The summed E-state index contributed by atoms with van der Waals surface area (Å²) in [5.41, 5.74) is 0.796. The highest BCUT2D eigenvalue weighted by Crippen LogP contribution is 2.31. The lowest BCUT2D eigenvalue weighted by atomic mass is 10.1. The molecule has 158 valence electrons. The lowest BCUT2D eigenvalue weighted by molar-refractivity contribution is -0.153. The summed E-state index contributed by atoms with van der Waals surface area (Å²) in [6.45, 7) is 2.31. The molecule has 7 nitrogen and oxygen atoms in total. The fourth-order valence-corrected chi connectivity index (χ4v) is 3.28. The van der Waals surface area contributed by atoms with Gasteiger partial charge in [0.2, 0.25) is 0 Å². The number of hydrogen-bond donors (Lipinski definition) is 1. The number of Topliss-reactive ketones (excluding diaryl/α,β-unsaturated/α-hetero) is 1. The molecule has 2 aromatic carbocycles. The van der Waals surface area contributed by atoms with E-state index in [1.54, 1.807) is 18.2 Å². The lowest BCUT2D eigenvalue weighted by Crippen LogP contribution is -2.30. The third kappa shape index (κ3) is 5.87. The number of nitrogens with one attached hydrogen (secondary N) is 1. The number of rotatable bonds is 7. The molecule has 2 aromatic rings. The number of carbonyl (C=O) groups is 3. The molecular weight excluding hydrogens is 433 g/mol. The minimum Gasteiger partial charge on any atom is -0.486 e. The van der Waals surface area contributed by atoms with Gasteiger partial charge in [-0.2, -0.15) is 0 Å². The highest BCUT2D eigenvalue weighted by atomic mass is 35.5. The minimum absolute atomic E-state index is 0.0588. The Hall–Kier alpha value is -2.77. The number of fused-ring (bicyclic) bond motifs is 1. The van der Waals surface area contributed by atoms with Crippen LogP contribution in [0.5, 0.6) is 11.5 Å². The van der Waals surface area contributed by atoms with Crippen molar-refractivity contribution in [2.75, 3.05) is 18.5 Å². The summed E-state index contributed by atoms with van der Waals surface area (Å²) in [4.78, 5) is 36.6. The number of ketones is 1. The van der Waals surface area contributed by atoms with Crippen LogP contribution in [0.2, 0.25) is 10.0 Å². The van der Waals surface area contributed by atoms with Gasteiger partial charge in [0.15, 0.2) is 23.4 Å². The van der Waals surface area contributed by atoms with Gasteiger partial charge in [0.25, 0.3) is 5.91 Å². The summed E-state index contributed by atoms with van der Waals surface area (Å²) in [5.74, 6) is -0.360. The lowest BCUT2D eigenvalue weighted by Gasteiger charge is -2.18.